The Kier molecular flexibility index (Phi) is 3.34. The van der Waals surface area contributed by atoms with Gasteiger partial charge in [-0.2, -0.15) is 0 Å². The lowest BCUT2D eigenvalue weighted by Gasteiger charge is -2.57. The molecule has 0 saturated heterocycles. The third-order valence-electron chi connectivity index (χ3n) is 10.2. The van der Waals surface area contributed by atoms with Crippen LogP contribution >= 0.6 is 0 Å². The summed E-state index contributed by atoms with van der Waals surface area (Å²) in [6.45, 7) is 2.26. The van der Waals surface area contributed by atoms with Gasteiger partial charge in [-0.3, -0.25) is 4.40 Å². The van der Waals surface area contributed by atoms with Crippen LogP contribution < -0.4 is 4.57 Å². The predicted octanol–water partition coefficient (Wildman–Crippen LogP) is 6.99. The molecule has 3 nitrogen and oxygen atoms in total. The second kappa shape index (κ2) is 6.13. The zero-order valence-electron chi connectivity index (χ0n) is 20.5. The normalized spacial score (nSPS) is 28.0. The third kappa shape index (κ3) is 2.24. The van der Waals surface area contributed by atoms with Gasteiger partial charge in [-0.15, -0.1) is 0 Å². The maximum Gasteiger partial charge on any atom is 0.224 e. The number of fused-ring (bicyclic) bond motifs is 5. The van der Waals surface area contributed by atoms with E-state index in [4.69, 9.17) is 4.98 Å². The van der Waals surface area contributed by atoms with Gasteiger partial charge >= 0.3 is 0 Å². The van der Waals surface area contributed by atoms with Crippen molar-refractivity contribution in [3.8, 4) is 0 Å². The van der Waals surface area contributed by atoms with Gasteiger partial charge in [-0.05, 0) is 109 Å². The molecule has 6 aromatic rings. The van der Waals surface area contributed by atoms with Gasteiger partial charge in [0, 0.05) is 23.0 Å². The molecule has 0 unspecified atom stereocenters. The average Bonchev–Trinajstić information content (AvgIpc) is 3.18. The van der Waals surface area contributed by atoms with E-state index in [9.17, 15) is 0 Å². The highest BCUT2D eigenvalue weighted by Crippen LogP contribution is 2.61. The molecule has 2 aromatic carbocycles. The fourth-order valence-corrected chi connectivity index (χ4v) is 9.30. The molecule has 4 fully saturated rings. The highest BCUT2D eigenvalue weighted by molar-refractivity contribution is 6.25. The molecule has 0 atom stereocenters. The molecule has 0 amide bonds. The van der Waals surface area contributed by atoms with Crippen LogP contribution in [0.15, 0.2) is 54.9 Å². The summed E-state index contributed by atoms with van der Waals surface area (Å²) in [5.74, 6) is 2.84. The van der Waals surface area contributed by atoms with Gasteiger partial charge in [0.25, 0.3) is 0 Å². The molecule has 35 heavy (non-hydrogen) atoms. The smallest absolute Gasteiger partial charge is 0.224 e. The van der Waals surface area contributed by atoms with E-state index in [-0.39, 0.29) is 0 Å². The molecule has 4 aliphatic carbocycles. The first-order valence-electron chi connectivity index (χ1n) is 13.5. The van der Waals surface area contributed by atoms with E-state index < -0.39 is 0 Å². The Bertz CT molecular complexity index is 1820. The van der Waals surface area contributed by atoms with Crippen LogP contribution in [0, 0.1) is 24.7 Å². The standard InChI is InChI=1S/C32H30N3/c1-18-5-6-24-25-4-3-8-33-31(25)35-26-14-23(32-15-19-10-20(16-32)12-21(11-19)17-32)13-22-7-9-34(2)30(28(22)26)27(18)29(24)35/h3-9,13-14,19-21H,10-12,15-17H2,1-2H3/q+1. The van der Waals surface area contributed by atoms with Crippen LogP contribution in [0.3, 0.4) is 0 Å². The predicted molar refractivity (Wildman–Crippen MR) is 142 cm³/mol. The van der Waals surface area contributed by atoms with Crippen molar-refractivity contribution in [1.82, 2.24) is 9.38 Å². The number of rotatable bonds is 1. The van der Waals surface area contributed by atoms with E-state index in [1.165, 1.54) is 87.6 Å². The lowest BCUT2D eigenvalue weighted by molar-refractivity contribution is -0.643. The lowest BCUT2D eigenvalue weighted by Crippen LogP contribution is -2.48. The summed E-state index contributed by atoms with van der Waals surface area (Å²) >= 11 is 0. The quantitative estimate of drug-likeness (QED) is 0.148. The Morgan fingerprint density at radius 3 is 2.46 bits per heavy atom. The number of aromatic nitrogens is 3. The van der Waals surface area contributed by atoms with Crippen LogP contribution in [0.2, 0.25) is 0 Å². The number of pyridine rings is 3. The summed E-state index contributed by atoms with van der Waals surface area (Å²) < 4.78 is 4.85. The second-order valence-corrected chi connectivity index (χ2v) is 12.3. The van der Waals surface area contributed by atoms with E-state index in [1.807, 2.05) is 6.20 Å². The zero-order valence-corrected chi connectivity index (χ0v) is 20.5. The molecule has 4 bridgehead atoms. The minimum absolute atomic E-state index is 0.375. The number of hydrogen-bond acceptors (Lipinski definition) is 1. The Labute approximate surface area is 204 Å². The lowest BCUT2D eigenvalue weighted by atomic mass is 9.48. The van der Waals surface area contributed by atoms with Gasteiger partial charge in [0.2, 0.25) is 5.52 Å². The number of hydrogen-bond donors (Lipinski definition) is 0. The van der Waals surface area contributed by atoms with E-state index in [2.05, 4.69) is 71.6 Å². The Balaban J connectivity index is 1.50. The fourth-order valence-electron chi connectivity index (χ4n) is 9.30. The summed E-state index contributed by atoms with van der Waals surface area (Å²) in [5.41, 5.74) is 8.43. The van der Waals surface area contributed by atoms with Gasteiger partial charge < -0.3 is 0 Å². The zero-order chi connectivity index (χ0) is 23.1. The second-order valence-electron chi connectivity index (χ2n) is 12.3. The van der Waals surface area contributed by atoms with Crippen molar-refractivity contribution in [2.45, 2.75) is 50.9 Å². The van der Waals surface area contributed by atoms with Crippen molar-refractivity contribution in [1.29, 1.82) is 0 Å². The summed E-state index contributed by atoms with van der Waals surface area (Å²) in [7, 11) is 2.21. The van der Waals surface area contributed by atoms with Crippen molar-refractivity contribution in [2.24, 2.45) is 24.8 Å². The first-order chi connectivity index (χ1) is 17.1. The Hall–Kier alpha value is -3.20. The van der Waals surface area contributed by atoms with Crippen molar-refractivity contribution in [2.75, 3.05) is 0 Å². The van der Waals surface area contributed by atoms with Crippen LogP contribution in [0.25, 0.3) is 49.1 Å². The highest BCUT2D eigenvalue weighted by atomic mass is 15.0. The highest BCUT2D eigenvalue weighted by Gasteiger charge is 2.51. The molecule has 10 rings (SSSR count). The van der Waals surface area contributed by atoms with Gasteiger partial charge in [-0.25, -0.2) is 9.55 Å². The van der Waals surface area contributed by atoms with E-state index >= 15 is 0 Å². The van der Waals surface area contributed by atoms with Crippen molar-refractivity contribution >= 4 is 49.1 Å². The Morgan fingerprint density at radius 1 is 0.914 bits per heavy atom. The molecule has 172 valence electrons. The molecule has 3 heteroatoms. The van der Waals surface area contributed by atoms with E-state index in [0.717, 1.165) is 23.4 Å². The minimum Gasteiger partial charge on any atom is -0.292 e. The SMILES string of the molecule is Cc1ccc2c3cccnc3n3c4cc(C56CC7CC(CC(C7)C5)C6)cc5cc[n+](C)c(c1c23)c54. The maximum absolute atomic E-state index is 4.95. The van der Waals surface area contributed by atoms with Crippen molar-refractivity contribution < 1.29 is 4.57 Å². The monoisotopic (exact) mass is 456 g/mol. The van der Waals surface area contributed by atoms with Crippen LogP contribution in [-0.4, -0.2) is 9.38 Å². The van der Waals surface area contributed by atoms with Crippen LogP contribution in [0.5, 0.6) is 0 Å². The Morgan fingerprint density at radius 2 is 1.69 bits per heavy atom. The first kappa shape index (κ1) is 19.0. The molecule has 0 radical (unpaired) electrons. The molecule has 4 heterocycles. The summed E-state index contributed by atoms with van der Waals surface area (Å²) in [5, 5.41) is 6.71. The van der Waals surface area contributed by atoms with Crippen molar-refractivity contribution in [3.05, 3.63) is 66.0 Å². The summed E-state index contributed by atoms with van der Waals surface area (Å²) in [6.07, 6.45) is 12.9. The number of nitrogens with zero attached hydrogens (tertiary/aromatic N) is 3. The molecular formula is C32H30N3+. The first-order valence-corrected chi connectivity index (χ1v) is 13.5. The summed E-state index contributed by atoms with van der Waals surface area (Å²) in [6, 6.07) is 16.5. The van der Waals surface area contributed by atoms with Crippen LogP contribution in [-0.2, 0) is 12.5 Å². The van der Waals surface area contributed by atoms with Crippen LogP contribution in [0.4, 0.5) is 0 Å². The van der Waals surface area contributed by atoms with Crippen LogP contribution in [0.1, 0.15) is 49.7 Å². The van der Waals surface area contributed by atoms with E-state index in [0.29, 0.717) is 5.41 Å². The molecule has 0 spiro atoms. The number of aryl methyl sites for hydroxylation is 2. The fraction of sp³-hybridized carbons (Fsp3) is 0.375. The number of benzene rings is 2. The maximum atomic E-state index is 4.95. The third-order valence-corrected chi connectivity index (χ3v) is 10.2. The topological polar surface area (TPSA) is 21.2 Å². The molecule has 4 saturated carbocycles. The minimum atomic E-state index is 0.375. The van der Waals surface area contributed by atoms with Gasteiger partial charge in [0.1, 0.15) is 12.7 Å². The summed E-state index contributed by atoms with van der Waals surface area (Å²) in [4.78, 5) is 4.95. The molecule has 4 aromatic heterocycles. The van der Waals surface area contributed by atoms with Gasteiger partial charge in [-0.1, -0.05) is 12.1 Å². The van der Waals surface area contributed by atoms with Gasteiger partial charge in [0.15, 0.2) is 6.20 Å². The van der Waals surface area contributed by atoms with Gasteiger partial charge in [0.05, 0.1) is 21.8 Å². The molecular weight excluding hydrogens is 426 g/mol. The molecule has 4 aliphatic rings. The average molecular weight is 457 g/mol. The molecule has 0 N–H and O–H groups in total. The van der Waals surface area contributed by atoms with E-state index in [1.54, 1.807) is 5.56 Å². The molecule has 0 aliphatic heterocycles. The largest absolute Gasteiger partial charge is 0.292 e. The van der Waals surface area contributed by atoms with Crippen molar-refractivity contribution in [3.63, 3.8) is 0 Å².